The van der Waals surface area contributed by atoms with E-state index in [0.29, 0.717) is 13.0 Å². The van der Waals surface area contributed by atoms with E-state index in [-0.39, 0.29) is 17.5 Å². The van der Waals surface area contributed by atoms with Gasteiger partial charge in [-0.15, -0.1) is 10.2 Å². The predicted octanol–water partition coefficient (Wildman–Crippen LogP) is 3.34. The number of hydrogen-bond acceptors (Lipinski definition) is 5. The summed E-state index contributed by atoms with van der Waals surface area (Å²) >= 11 is 1.37. The van der Waals surface area contributed by atoms with Gasteiger partial charge in [0.25, 0.3) is 0 Å². The van der Waals surface area contributed by atoms with Crippen LogP contribution in [0, 0.1) is 5.82 Å². The molecule has 6 nitrogen and oxygen atoms in total. The maximum absolute atomic E-state index is 12.9. The van der Waals surface area contributed by atoms with Crippen molar-refractivity contribution in [3.63, 3.8) is 0 Å². The number of nitrogens with one attached hydrogen (secondary N) is 1. The fraction of sp³-hybridized carbons (Fsp3) is 0.300. The Morgan fingerprint density at radius 2 is 1.89 bits per heavy atom. The molecule has 0 spiro atoms. The molecule has 8 heteroatoms. The monoisotopic (exact) mass is 399 g/mol. The second-order valence-corrected chi connectivity index (χ2v) is 7.15. The number of amides is 1. The van der Waals surface area contributed by atoms with E-state index < -0.39 is 0 Å². The van der Waals surface area contributed by atoms with Gasteiger partial charge in [-0.3, -0.25) is 9.78 Å². The Balaban J connectivity index is 1.54. The van der Waals surface area contributed by atoms with Crippen molar-refractivity contribution < 1.29 is 9.18 Å². The molecule has 1 amide bonds. The van der Waals surface area contributed by atoms with Gasteiger partial charge in [0.2, 0.25) is 5.91 Å². The quantitative estimate of drug-likeness (QED) is 0.559. The Kier molecular flexibility index (Phi) is 7.13. The number of benzene rings is 1. The number of nitrogens with zero attached hydrogens (tertiary/aromatic N) is 4. The van der Waals surface area contributed by atoms with Gasteiger partial charge >= 0.3 is 0 Å². The second kappa shape index (κ2) is 9.98. The van der Waals surface area contributed by atoms with Crippen LogP contribution in [0.15, 0.2) is 53.9 Å². The van der Waals surface area contributed by atoms with Gasteiger partial charge in [-0.25, -0.2) is 4.39 Å². The van der Waals surface area contributed by atoms with Crippen LogP contribution in [0.2, 0.25) is 0 Å². The largest absolute Gasteiger partial charge is 0.355 e. The molecule has 0 saturated heterocycles. The van der Waals surface area contributed by atoms with E-state index in [9.17, 15) is 9.18 Å². The summed E-state index contributed by atoms with van der Waals surface area (Å²) in [6.45, 7) is 3.38. The van der Waals surface area contributed by atoms with Crippen molar-refractivity contribution in [2.45, 2.75) is 31.5 Å². The van der Waals surface area contributed by atoms with E-state index in [1.54, 1.807) is 24.5 Å². The molecule has 3 aromatic rings. The minimum Gasteiger partial charge on any atom is -0.355 e. The zero-order chi connectivity index (χ0) is 19.8. The molecule has 0 aliphatic rings. The van der Waals surface area contributed by atoms with Gasteiger partial charge in [0.05, 0.1) is 5.75 Å². The molecule has 2 aromatic heterocycles. The molecule has 0 aliphatic carbocycles. The Labute approximate surface area is 167 Å². The fourth-order valence-electron chi connectivity index (χ4n) is 2.71. The first-order chi connectivity index (χ1) is 13.7. The van der Waals surface area contributed by atoms with Crippen LogP contribution in [0.25, 0.3) is 11.4 Å². The van der Waals surface area contributed by atoms with Gasteiger partial charge < -0.3 is 9.88 Å². The van der Waals surface area contributed by atoms with Crippen molar-refractivity contribution in [3.05, 3.63) is 60.2 Å². The summed E-state index contributed by atoms with van der Waals surface area (Å²) in [6.07, 6.45) is 5.05. The van der Waals surface area contributed by atoms with E-state index >= 15 is 0 Å². The normalized spacial score (nSPS) is 10.8. The van der Waals surface area contributed by atoms with Crippen LogP contribution < -0.4 is 5.32 Å². The maximum atomic E-state index is 12.9. The predicted molar refractivity (Wildman–Crippen MR) is 107 cm³/mol. The molecule has 146 valence electrons. The lowest BCUT2D eigenvalue weighted by Gasteiger charge is -2.09. The van der Waals surface area contributed by atoms with Crippen LogP contribution in [0.4, 0.5) is 4.39 Å². The Bertz CT molecular complexity index is 899. The van der Waals surface area contributed by atoms with Gasteiger partial charge in [-0.2, -0.15) is 0 Å². The number of rotatable bonds is 9. The van der Waals surface area contributed by atoms with Crippen molar-refractivity contribution in [1.82, 2.24) is 25.1 Å². The summed E-state index contributed by atoms with van der Waals surface area (Å²) in [7, 11) is 0. The van der Waals surface area contributed by atoms with Crippen LogP contribution in [0.3, 0.4) is 0 Å². The first kappa shape index (κ1) is 20.0. The topological polar surface area (TPSA) is 72.7 Å². The molecule has 0 unspecified atom stereocenters. The lowest BCUT2D eigenvalue weighted by Crippen LogP contribution is -2.27. The highest BCUT2D eigenvalue weighted by atomic mass is 32.2. The highest BCUT2D eigenvalue weighted by Crippen LogP contribution is 2.23. The molecule has 1 N–H and O–H groups in total. The standard InChI is InChI=1S/C20H22FN5OS/c1-2-13-26-19(16-8-10-22-11-9-16)24-25-20(26)28-14-18(27)23-12-7-15-3-5-17(21)6-4-15/h3-6,8-11H,2,7,12-14H2,1H3,(H,23,27). The maximum Gasteiger partial charge on any atom is 0.230 e. The van der Waals surface area contributed by atoms with Crippen LogP contribution in [0.1, 0.15) is 18.9 Å². The molecule has 0 atom stereocenters. The third kappa shape index (κ3) is 5.39. The average Bonchev–Trinajstić information content (AvgIpc) is 3.11. The number of carbonyl (C=O) groups is 1. The van der Waals surface area contributed by atoms with E-state index in [0.717, 1.165) is 35.1 Å². The van der Waals surface area contributed by atoms with Crippen molar-refractivity contribution >= 4 is 17.7 Å². The van der Waals surface area contributed by atoms with Crippen LogP contribution in [-0.2, 0) is 17.8 Å². The van der Waals surface area contributed by atoms with Crippen LogP contribution >= 0.6 is 11.8 Å². The molecule has 28 heavy (non-hydrogen) atoms. The molecule has 0 saturated carbocycles. The SMILES string of the molecule is CCCn1c(SCC(=O)NCCc2ccc(F)cc2)nnc1-c1ccncc1. The molecular formula is C20H22FN5OS. The molecule has 0 aliphatic heterocycles. The smallest absolute Gasteiger partial charge is 0.230 e. The first-order valence-corrected chi connectivity index (χ1v) is 10.1. The minimum absolute atomic E-state index is 0.0661. The van der Waals surface area contributed by atoms with Crippen molar-refractivity contribution in [2.75, 3.05) is 12.3 Å². The summed E-state index contributed by atoms with van der Waals surface area (Å²) < 4.78 is 14.9. The van der Waals surface area contributed by atoms with Gasteiger partial charge in [-0.05, 0) is 42.7 Å². The molecule has 3 rings (SSSR count). The average molecular weight is 399 g/mol. The number of hydrogen-bond donors (Lipinski definition) is 1. The number of pyridine rings is 1. The number of halogens is 1. The summed E-state index contributed by atoms with van der Waals surface area (Å²) in [5.41, 5.74) is 1.94. The highest BCUT2D eigenvalue weighted by molar-refractivity contribution is 7.99. The number of carbonyl (C=O) groups excluding carboxylic acids is 1. The summed E-state index contributed by atoms with van der Waals surface area (Å²) in [6, 6.07) is 10.1. The van der Waals surface area contributed by atoms with Gasteiger partial charge in [0, 0.05) is 31.0 Å². The summed E-state index contributed by atoms with van der Waals surface area (Å²) in [5.74, 6) is 0.723. The number of aromatic nitrogens is 4. The minimum atomic E-state index is -0.258. The summed E-state index contributed by atoms with van der Waals surface area (Å²) in [4.78, 5) is 16.2. The van der Waals surface area contributed by atoms with Crippen molar-refractivity contribution in [1.29, 1.82) is 0 Å². The molecule has 0 fully saturated rings. The first-order valence-electron chi connectivity index (χ1n) is 9.15. The van der Waals surface area contributed by atoms with E-state index in [1.165, 1.54) is 23.9 Å². The summed E-state index contributed by atoms with van der Waals surface area (Å²) in [5, 5.41) is 12.2. The molecule has 2 heterocycles. The molecular weight excluding hydrogens is 377 g/mol. The van der Waals surface area contributed by atoms with Crippen LogP contribution in [0.5, 0.6) is 0 Å². The van der Waals surface area contributed by atoms with Crippen molar-refractivity contribution in [3.8, 4) is 11.4 Å². The highest BCUT2D eigenvalue weighted by Gasteiger charge is 2.15. The Morgan fingerprint density at radius 1 is 1.14 bits per heavy atom. The third-order valence-electron chi connectivity index (χ3n) is 4.08. The Morgan fingerprint density at radius 3 is 2.61 bits per heavy atom. The Hall–Kier alpha value is -2.74. The fourth-order valence-corrected chi connectivity index (χ4v) is 3.51. The molecule has 0 radical (unpaired) electrons. The second-order valence-electron chi connectivity index (χ2n) is 6.21. The lowest BCUT2D eigenvalue weighted by atomic mass is 10.1. The lowest BCUT2D eigenvalue weighted by molar-refractivity contribution is -0.118. The number of thioether (sulfide) groups is 1. The molecule has 0 bridgehead atoms. The van der Waals surface area contributed by atoms with E-state index in [1.807, 2.05) is 16.7 Å². The zero-order valence-corrected chi connectivity index (χ0v) is 16.5. The van der Waals surface area contributed by atoms with Gasteiger partial charge in [0.1, 0.15) is 5.82 Å². The third-order valence-corrected chi connectivity index (χ3v) is 5.05. The molecule has 1 aromatic carbocycles. The van der Waals surface area contributed by atoms with E-state index in [4.69, 9.17) is 0 Å². The van der Waals surface area contributed by atoms with Crippen molar-refractivity contribution in [2.24, 2.45) is 0 Å². The van der Waals surface area contributed by atoms with Gasteiger partial charge in [0.15, 0.2) is 11.0 Å². The van der Waals surface area contributed by atoms with Crippen LogP contribution in [-0.4, -0.2) is 38.0 Å². The zero-order valence-electron chi connectivity index (χ0n) is 15.6. The van der Waals surface area contributed by atoms with E-state index in [2.05, 4.69) is 27.4 Å². The van der Waals surface area contributed by atoms with Gasteiger partial charge in [-0.1, -0.05) is 30.8 Å².